The van der Waals surface area contributed by atoms with Crippen molar-refractivity contribution >= 4 is 116 Å². The van der Waals surface area contributed by atoms with Gasteiger partial charge in [0.1, 0.15) is 54.1 Å². The van der Waals surface area contributed by atoms with E-state index in [1.165, 1.54) is 56.9 Å². The van der Waals surface area contributed by atoms with Gasteiger partial charge in [0, 0.05) is 43.7 Å². The van der Waals surface area contributed by atoms with Gasteiger partial charge in [0.05, 0.1) is 32.6 Å². The normalized spacial score (nSPS) is 20.5. The number of allylic oxidation sites excluding steroid dienone is 3. The highest BCUT2D eigenvalue weighted by Crippen LogP contribution is 2.27. The van der Waals surface area contributed by atoms with Crippen LogP contribution in [0.25, 0.3) is 0 Å². The molecule has 2 heterocycles. The molecule has 2 fully saturated rings. The smallest absolute Gasteiger partial charge is 0.306 e. The number of nitrogens with two attached hydrogens (primary N) is 4. The first-order chi connectivity index (χ1) is 49.2. The van der Waals surface area contributed by atoms with Gasteiger partial charge in [-0.2, -0.15) is 0 Å². The molecular weight excluding hydrogens is 1380 g/mol. The van der Waals surface area contributed by atoms with Crippen molar-refractivity contribution in [1.82, 2.24) is 63.4 Å². The summed E-state index contributed by atoms with van der Waals surface area (Å²) in [6, 6.07) is -6.99. The summed E-state index contributed by atoms with van der Waals surface area (Å²) in [5.74, 6) is -15.7. The minimum Gasteiger partial charge on any atom is -0.508 e. The molecule has 34 nitrogen and oxygen atoms in total. The molecule has 0 aromatic heterocycles. The van der Waals surface area contributed by atoms with Crippen LogP contribution in [0, 0.1) is 0 Å². The van der Waals surface area contributed by atoms with Gasteiger partial charge in [-0.15, -0.1) is 0 Å². The SMILES string of the molecule is CCCCCCCCCCCC(=O)OC(C)C(=O)NCC(=O)NCC(=O)NCC(=O)N[C@H]1CSSC[C@@H](C(=O)N2CCC[C@H]2C(=O)N[C@@H](CCCCN)C(=O)NCC(N)=O)NC(=O)[C@H](CC(N)=O)NC(=O)[C@H](CCC(N)=O)NC(=O)[C@H](CC2=CCCC=C2)NC(=O)[C@@H](Cc2ccc(O)cc2)NC1=O. The monoisotopic (exact) mass is 1480 g/mol. The largest absolute Gasteiger partial charge is 0.508 e. The number of phenolic OH excluding ortho intramolecular Hbond substituents is 1. The van der Waals surface area contributed by atoms with Gasteiger partial charge < -0.3 is 96.2 Å². The number of phenols is 1. The van der Waals surface area contributed by atoms with Crippen molar-refractivity contribution in [3.63, 3.8) is 0 Å². The second kappa shape index (κ2) is 47.0. The Kier molecular flexibility index (Phi) is 39.3. The van der Waals surface area contributed by atoms with Crippen LogP contribution >= 0.6 is 21.6 Å². The number of carbonyl (C=O) groups excluding carboxylic acids is 16. The summed E-state index contributed by atoms with van der Waals surface area (Å²) in [4.78, 5) is 218. The highest BCUT2D eigenvalue weighted by atomic mass is 33.1. The van der Waals surface area contributed by atoms with E-state index < -0.39 is 206 Å². The number of likely N-dealkylation sites (tertiary alicyclic amines) is 1. The Morgan fingerprint density at radius 3 is 1.83 bits per heavy atom. The topological polar surface area (TPSA) is 542 Å². The average Bonchev–Trinajstić information content (AvgIpc) is 1.75. The summed E-state index contributed by atoms with van der Waals surface area (Å²) < 4.78 is 5.23. The van der Waals surface area contributed by atoms with Gasteiger partial charge >= 0.3 is 5.97 Å². The maximum Gasteiger partial charge on any atom is 0.306 e. The molecule has 20 N–H and O–H groups in total. The van der Waals surface area contributed by atoms with Crippen LogP contribution in [0.5, 0.6) is 5.75 Å². The maximum absolute atomic E-state index is 15.0. The molecule has 1 aromatic carbocycles. The van der Waals surface area contributed by atoms with Crippen molar-refractivity contribution < 1.29 is 86.6 Å². The molecule has 9 atom stereocenters. The summed E-state index contributed by atoms with van der Waals surface area (Å²) >= 11 is 0. The molecule has 0 saturated carbocycles. The summed E-state index contributed by atoms with van der Waals surface area (Å²) in [5, 5.41) is 37.4. The summed E-state index contributed by atoms with van der Waals surface area (Å²) in [5.41, 5.74) is 23.0. The number of aromatic hydroxyl groups is 1. The zero-order chi connectivity index (χ0) is 75.8. The number of primary amides is 3. The van der Waals surface area contributed by atoms with E-state index in [4.69, 9.17) is 27.7 Å². The number of esters is 1. The van der Waals surface area contributed by atoms with Gasteiger partial charge in [0.25, 0.3) is 5.91 Å². The molecule has 15 amide bonds. The van der Waals surface area contributed by atoms with Crippen LogP contribution in [-0.4, -0.2) is 210 Å². The number of ether oxygens (including phenoxy) is 1. The van der Waals surface area contributed by atoms with E-state index >= 15 is 0 Å². The minimum absolute atomic E-state index is 0.0590. The number of nitrogens with zero attached hydrogens (tertiary/aromatic N) is 1. The van der Waals surface area contributed by atoms with Crippen LogP contribution in [0.3, 0.4) is 0 Å². The Morgan fingerprint density at radius 2 is 1.20 bits per heavy atom. The number of benzene rings is 1. The molecule has 0 spiro atoms. The Hall–Kier alpha value is -9.32. The van der Waals surface area contributed by atoms with E-state index in [0.29, 0.717) is 43.2 Å². The van der Waals surface area contributed by atoms with Crippen LogP contribution < -0.4 is 81.4 Å². The fourth-order valence-corrected chi connectivity index (χ4v) is 13.3. The van der Waals surface area contributed by atoms with Crippen LogP contribution in [-0.2, 0) is 87.9 Å². The molecule has 1 aromatic rings. The molecule has 4 rings (SSSR count). The Balaban J connectivity index is 1.65. The Morgan fingerprint density at radius 1 is 0.621 bits per heavy atom. The first kappa shape index (κ1) is 86.1. The number of carbonyl (C=O) groups is 16. The van der Waals surface area contributed by atoms with Crippen molar-refractivity contribution in [2.45, 2.75) is 210 Å². The van der Waals surface area contributed by atoms with Crippen LogP contribution in [0.15, 0.2) is 48.1 Å². The molecule has 3 aliphatic rings. The van der Waals surface area contributed by atoms with Crippen molar-refractivity contribution in [3.05, 3.63) is 53.6 Å². The molecule has 2 saturated heterocycles. The summed E-state index contributed by atoms with van der Waals surface area (Å²) in [6.07, 6.45) is 13.6. The molecule has 1 aliphatic carbocycles. The summed E-state index contributed by atoms with van der Waals surface area (Å²) in [7, 11) is 1.69. The lowest BCUT2D eigenvalue weighted by atomic mass is 9.98. The van der Waals surface area contributed by atoms with Crippen molar-refractivity contribution in [3.8, 4) is 5.75 Å². The predicted octanol–water partition coefficient (Wildman–Crippen LogP) is -2.55. The van der Waals surface area contributed by atoms with E-state index in [-0.39, 0.29) is 57.4 Å². The second-order valence-corrected chi connectivity index (χ2v) is 27.8. The molecule has 36 heteroatoms. The van der Waals surface area contributed by atoms with E-state index in [9.17, 15) is 81.8 Å². The highest BCUT2D eigenvalue weighted by Gasteiger charge is 2.41. The third-order valence-electron chi connectivity index (χ3n) is 16.7. The van der Waals surface area contributed by atoms with E-state index in [0.717, 1.165) is 52.2 Å². The van der Waals surface area contributed by atoms with Gasteiger partial charge in [-0.05, 0) is 94.5 Å². The van der Waals surface area contributed by atoms with Crippen molar-refractivity contribution in [1.29, 1.82) is 0 Å². The third kappa shape index (κ3) is 33.6. The van der Waals surface area contributed by atoms with Gasteiger partial charge in [-0.1, -0.05) is 110 Å². The predicted molar refractivity (Wildman–Crippen MR) is 380 cm³/mol. The zero-order valence-electron chi connectivity index (χ0n) is 58.4. The van der Waals surface area contributed by atoms with Crippen LogP contribution in [0.4, 0.5) is 0 Å². The second-order valence-electron chi connectivity index (χ2n) is 25.2. The van der Waals surface area contributed by atoms with E-state index in [1.807, 2.05) is 6.08 Å². The molecule has 0 bridgehead atoms. The number of amides is 15. The van der Waals surface area contributed by atoms with Crippen LogP contribution in [0.2, 0.25) is 0 Å². The Bertz CT molecular complexity index is 3180. The molecule has 570 valence electrons. The maximum atomic E-state index is 15.0. The number of hydrogen-bond acceptors (Lipinski definition) is 21. The fraction of sp³-hybridized carbons (Fsp3) is 0.612. The molecular formula is C67H102N16O18S2. The van der Waals surface area contributed by atoms with Gasteiger partial charge in [-0.25, -0.2) is 0 Å². The van der Waals surface area contributed by atoms with Crippen molar-refractivity contribution in [2.75, 3.05) is 50.8 Å². The zero-order valence-corrected chi connectivity index (χ0v) is 60.0. The average molecular weight is 1480 g/mol. The number of unbranched alkanes of at least 4 members (excludes halogenated alkanes) is 9. The lowest BCUT2D eigenvalue weighted by Gasteiger charge is -2.31. The van der Waals surface area contributed by atoms with E-state index in [2.05, 4.69) is 65.4 Å². The third-order valence-corrected chi connectivity index (χ3v) is 19.1. The minimum atomic E-state index is -1.89. The first-order valence-electron chi connectivity index (χ1n) is 34.8. The van der Waals surface area contributed by atoms with Gasteiger partial charge in [-0.3, -0.25) is 76.7 Å². The fourth-order valence-electron chi connectivity index (χ4n) is 11.0. The quantitative estimate of drug-likeness (QED) is 0.0184. The number of nitrogens with one attached hydrogen (secondary N) is 11. The van der Waals surface area contributed by atoms with Crippen molar-refractivity contribution in [2.24, 2.45) is 22.9 Å². The van der Waals surface area contributed by atoms with E-state index in [1.54, 1.807) is 12.2 Å². The lowest BCUT2D eigenvalue weighted by molar-refractivity contribution is -0.155. The number of rotatable bonds is 38. The molecule has 1 unspecified atom stereocenters. The molecule has 2 aliphatic heterocycles. The summed E-state index contributed by atoms with van der Waals surface area (Å²) in [6.45, 7) is 1.02. The first-order valence-corrected chi connectivity index (χ1v) is 37.3. The molecule has 103 heavy (non-hydrogen) atoms. The standard InChI is InChI=1S/C67H102N16O18S2/c1-3-4-5-6-7-8-9-10-14-22-58(91)101-40(2)59(92)75-36-56(89)72-35-55(88)73-37-57(90)76-49-38-102-103-39-50(67(100)83-30-17-21-51(83)66(99)78-44(20-15-16-29-68)60(93)74-34-54(71)87)82-64(97)48(33-53(70)86)81-61(94)45(27-28-52(69)85)77-62(95)46(31-41-18-12-11-13-19-41)79-63(96)47(80-65(49)98)32-42-23-25-43(84)26-24-42/h12,18-19,23-26,40,44-51,84H,3-11,13-17,20-22,27-39,68H2,1-2H3,(H2,69,85)(H2,70,86)(H2,71,87)(H,72,89)(H,73,88)(H,74,93)(H,75,92)(H,76,90)(H,77,95)(H,78,99)(H,79,96)(H,80,98)(H,81,94)(H,82,97)/t40?,44-,45-,46-,47+,48-,49-,50-,51-/m0/s1. The van der Waals surface area contributed by atoms with Gasteiger partial charge in [0.2, 0.25) is 82.7 Å². The van der Waals surface area contributed by atoms with Gasteiger partial charge in [0.15, 0.2) is 6.10 Å². The lowest BCUT2D eigenvalue weighted by Crippen LogP contribution is -2.61. The highest BCUT2D eigenvalue weighted by molar-refractivity contribution is 8.76. The van der Waals surface area contributed by atoms with Crippen LogP contribution in [0.1, 0.15) is 154 Å². The Labute approximate surface area is 606 Å². The molecule has 0 radical (unpaired) electrons. The number of hydrogen-bond donors (Lipinski definition) is 16.